The zero-order valence-electron chi connectivity index (χ0n) is 33.9. The first-order valence-electron chi connectivity index (χ1n) is 19.4. The third-order valence-electron chi connectivity index (χ3n) is 7.06. The molecule has 0 rings (SSSR count). The van der Waals surface area contributed by atoms with Crippen LogP contribution in [0.25, 0.3) is 0 Å². The van der Waals surface area contributed by atoms with E-state index in [-0.39, 0.29) is 5.97 Å². The van der Waals surface area contributed by atoms with Crippen LogP contribution in [0.15, 0.2) is 0 Å². The molecule has 0 saturated carbocycles. The predicted octanol–water partition coefficient (Wildman–Crippen LogP) is 2.02. The van der Waals surface area contributed by atoms with E-state index in [0.29, 0.717) is 71.6 Å². The highest BCUT2D eigenvalue weighted by molar-refractivity contribution is 6.04. The molecule has 4 amide bonds. The third kappa shape index (κ3) is 36.3. The molecule has 14 nitrogen and oxygen atoms in total. The molecule has 0 bridgehead atoms. The van der Waals surface area contributed by atoms with Gasteiger partial charge < -0.3 is 35.6 Å². The van der Waals surface area contributed by atoms with Crippen LogP contribution >= 0.6 is 0 Å². The molecule has 0 aromatic rings. The van der Waals surface area contributed by atoms with E-state index in [1.807, 2.05) is 0 Å². The number of hydrogen-bond donors (Lipinski definition) is 6. The molecule has 6 N–H and O–H groups in total. The molecule has 0 saturated heterocycles. The van der Waals surface area contributed by atoms with Gasteiger partial charge in [0.2, 0.25) is 11.8 Å². The summed E-state index contributed by atoms with van der Waals surface area (Å²) in [6.07, 6.45) is 14.8. The standard InChI is InChI=1S/C45H52N6O8/c1-4-7-8-9-10-11-12-13-14-15-16-17-18-19-24-32-39-58-45(56)50-37-29-23-21-27-35-48-43(54)41(46-33-30-25-31-38-51-59-40(52)5-2)42(53)47-34-26-20-22-28-36-49-44(55)57-6-3/h1,41,46,51H,5-6,20-23,25-31,33-38H2,2-3H3,(H,47,53)(H,48,54)(H,49,55)(H,50,56). The minimum atomic E-state index is -1.05. The van der Waals surface area contributed by atoms with E-state index in [2.05, 4.69) is 133 Å². The number of unbranched alkanes of at least 4 members (excludes halogenated alkanes) is 8. The monoisotopic (exact) mass is 804 g/mol. The van der Waals surface area contributed by atoms with Crippen LogP contribution in [0.4, 0.5) is 9.59 Å². The van der Waals surface area contributed by atoms with Gasteiger partial charge >= 0.3 is 18.2 Å². The first-order valence-corrected chi connectivity index (χ1v) is 19.4. The first kappa shape index (κ1) is 51.9. The van der Waals surface area contributed by atoms with Crippen LogP contribution in [0, 0.1) is 107 Å². The molecule has 0 aliphatic rings. The predicted molar refractivity (Wildman–Crippen MR) is 224 cm³/mol. The second-order valence-electron chi connectivity index (χ2n) is 11.7. The highest BCUT2D eigenvalue weighted by Crippen LogP contribution is 2.01. The lowest BCUT2D eigenvalue weighted by atomic mass is 10.1. The Kier molecular flexibility index (Phi) is 35.7. The summed E-state index contributed by atoms with van der Waals surface area (Å²) in [4.78, 5) is 65.2. The van der Waals surface area contributed by atoms with Gasteiger partial charge in [-0.05, 0) is 99.4 Å². The average Bonchev–Trinajstić information content (AvgIpc) is 3.23. The van der Waals surface area contributed by atoms with E-state index in [1.165, 1.54) is 0 Å². The number of carbonyl (C=O) groups is 5. The van der Waals surface area contributed by atoms with Crippen LogP contribution in [-0.4, -0.2) is 81.9 Å². The van der Waals surface area contributed by atoms with Crippen molar-refractivity contribution in [3.8, 4) is 107 Å². The van der Waals surface area contributed by atoms with Gasteiger partial charge in [-0.2, -0.15) is 5.48 Å². The molecule has 0 aromatic carbocycles. The Morgan fingerprint density at radius 3 is 1.37 bits per heavy atom. The number of amides is 4. The van der Waals surface area contributed by atoms with Crippen molar-refractivity contribution in [3.63, 3.8) is 0 Å². The fourth-order valence-corrected chi connectivity index (χ4v) is 4.23. The largest absolute Gasteiger partial charge is 0.450 e. The Morgan fingerprint density at radius 1 is 0.492 bits per heavy atom. The van der Waals surface area contributed by atoms with Crippen LogP contribution in [0.1, 0.15) is 90.9 Å². The van der Waals surface area contributed by atoms with E-state index in [9.17, 15) is 24.0 Å². The Morgan fingerprint density at radius 2 is 0.898 bits per heavy atom. The molecule has 0 fully saturated rings. The number of rotatable bonds is 26. The molecule has 0 radical (unpaired) electrons. The van der Waals surface area contributed by atoms with Gasteiger partial charge in [-0.1, -0.05) is 39.0 Å². The Hall–Kier alpha value is -7.09. The highest BCUT2D eigenvalue weighted by Gasteiger charge is 2.25. The summed E-state index contributed by atoms with van der Waals surface area (Å²) < 4.78 is 9.57. The molecule has 1 unspecified atom stereocenters. The summed E-state index contributed by atoms with van der Waals surface area (Å²) in [5, 5.41) is 14.0. The van der Waals surface area contributed by atoms with E-state index >= 15 is 0 Å². The third-order valence-corrected chi connectivity index (χ3v) is 7.06. The molecule has 0 aliphatic carbocycles. The molecule has 14 heteroatoms. The van der Waals surface area contributed by atoms with Crippen LogP contribution in [0.3, 0.4) is 0 Å². The lowest BCUT2D eigenvalue weighted by molar-refractivity contribution is -0.150. The molecule has 0 aliphatic heterocycles. The highest BCUT2D eigenvalue weighted by atomic mass is 16.7. The molecular weight excluding hydrogens is 753 g/mol. The van der Waals surface area contributed by atoms with Crippen LogP contribution in [0.2, 0.25) is 0 Å². The lowest BCUT2D eigenvalue weighted by Gasteiger charge is -2.18. The van der Waals surface area contributed by atoms with Gasteiger partial charge in [-0.15, -0.1) is 6.42 Å². The minimum absolute atomic E-state index is 0.291. The van der Waals surface area contributed by atoms with Gasteiger partial charge in [0.25, 0.3) is 0 Å². The summed E-state index contributed by atoms with van der Waals surface area (Å²) >= 11 is 0. The fraction of sp³-hybridized carbons (Fsp3) is 0.489. The van der Waals surface area contributed by atoms with E-state index in [1.54, 1.807) is 13.8 Å². The quantitative estimate of drug-likeness (QED) is 0.0249. The van der Waals surface area contributed by atoms with Crippen LogP contribution < -0.4 is 32.1 Å². The van der Waals surface area contributed by atoms with E-state index in [0.717, 1.165) is 51.4 Å². The summed E-state index contributed by atoms with van der Waals surface area (Å²) in [5.41, 5.74) is 2.63. The SMILES string of the molecule is C#CC#CC#CC#CC#CC#CC#CC#CC#COC(=O)NCCCCCCNC(=O)C(NCCCCCNOC(=O)CC)C(=O)NCCCCCCNC(=O)OCC. The van der Waals surface area contributed by atoms with Crippen molar-refractivity contribution < 1.29 is 38.3 Å². The van der Waals surface area contributed by atoms with Crippen molar-refractivity contribution in [2.75, 3.05) is 45.9 Å². The number of carbonyl (C=O) groups excluding carboxylic acids is 5. The minimum Gasteiger partial charge on any atom is -0.450 e. The molecule has 0 heterocycles. The van der Waals surface area contributed by atoms with Gasteiger partial charge in [0.05, 0.1) is 6.61 Å². The fourth-order valence-electron chi connectivity index (χ4n) is 4.23. The van der Waals surface area contributed by atoms with Gasteiger partial charge in [-0.25, -0.2) is 9.59 Å². The first-order chi connectivity index (χ1) is 28.8. The van der Waals surface area contributed by atoms with E-state index in [4.69, 9.17) is 20.7 Å². The number of ether oxygens (including phenoxy) is 2. The maximum absolute atomic E-state index is 13.0. The van der Waals surface area contributed by atoms with Gasteiger partial charge in [0.1, 0.15) is 6.11 Å². The second-order valence-corrected chi connectivity index (χ2v) is 11.7. The summed E-state index contributed by atoms with van der Waals surface area (Å²) in [5.74, 6) is 37.6. The number of hydrogen-bond acceptors (Lipinski definition) is 10. The molecular formula is C45H52N6O8. The van der Waals surface area contributed by atoms with Crippen LogP contribution in [-0.2, 0) is 28.7 Å². The smallest absolute Gasteiger partial charge is 0.421 e. The maximum Gasteiger partial charge on any atom is 0.421 e. The number of alkyl carbamates (subject to hydrolysis) is 2. The topological polar surface area (TPSA) is 185 Å². The second kappa shape index (κ2) is 40.6. The number of terminal acetylenes is 1. The van der Waals surface area contributed by atoms with Gasteiger partial charge in [0.15, 0.2) is 6.04 Å². The summed E-state index contributed by atoms with van der Waals surface area (Å²) in [6.45, 7) is 6.45. The van der Waals surface area contributed by atoms with Crippen LogP contribution in [0.5, 0.6) is 0 Å². The Bertz CT molecular complexity index is 1900. The van der Waals surface area contributed by atoms with E-state index < -0.39 is 30.0 Å². The molecule has 310 valence electrons. The number of hydroxylamine groups is 1. The van der Waals surface area contributed by atoms with Crippen molar-refractivity contribution in [3.05, 3.63) is 0 Å². The van der Waals surface area contributed by atoms with Crippen molar-refractivity contribution in [1.29, 1.82) is 0 Å². The van der Waals surface area contributed by atoms with Gasteiger partial charge in [0, 0.05) is 86.5 Å². The molecule has 0 spiro atoms. The summed E-state index contributed by atoms with van der Waals surface area (Å²) in [6, 6.07) is -1.05. The van der Waals surface area contributed by atoms with Crippen molar-refractivity contribution in [1.82, 2.24) is 32.1 Å². The molecule has 1 atom stereocenters. The van der Waals surface area contributed by atoms with Crippen molar-refractivity contribution >= 4 is 30.0 Å². The summed E-state index contributed by atoms with van der Waals surface area (Å²) in [7, 11) is 0. The lowest BCUT2D eigenvalue weighted by Crippen LogP contribution is -2.54. The molecule has 0 aromatic heterocycles. The zero-order chi connectivity index (χ0) is 43.3. The zero-order valence-corrected chi connectivity index (χ0v) is 33.9. The van der Waals surface area contributed by atoms with Gasteiger partial charge in [-0.3, -0.25) is 19.7 Å². The number of nitrogens with one attached hydrogen (secondary N) is 6. The maximum atomic E-state index is 13.0. The Labute approximate surface area is 349 Å². The normalized spacial score (nSPS) is 9.10. The van der Waals surface area contributed by atoms with Crippen molar-refractivity contribution in [2.24, 2.45) is 0 Å². The Balaban J connectivity index is 4.47. The van der Waals surface area contributed by atoms with Crippen molar-refractivity contribution in [2.45, 2.75) is 96.9 Å². The molecule has 59 heavy (non-hydrogen) atoms. The average molecular weight is 805 g/mol.